The second-order valence-corrected chi connectivity index (χ2v) is 7.42. The van der Waals surface area contributed by atoms with E-state index in [-0.39, 0.29) is 5.91 Å². The first-order valence-electron chi connectivity index (χ1n) is 9.50. The van der Waals surface area contributed by atoms with Crippen molar-refractivity contribution in [3.05, 3.63) is 75.5 Å². The fourth-order valence-electron chi connectivity index (χ4n) is 2.80. The van der Waals surface area contributed by atoms with Crippen molar-refractivity contribution < 1.29 is 14.3 Å². The van der Waals surface area contributed by atoms with E-state index in [1.807, 2.05) is 36.4 Å². The summed E-state index contributed by atoms with van der Waals surface area (Å²) < 4.78 is 12.5. The zero-order valence-electron chi connectivity index (χ0n) is 16.8. The number of halogens is 2. The van der Waals surface area contributed by atoms with E-state index in [1.165, 1.54) is 0 Å². The molecule has 0 aliphatic heterocycles. The summed E-state index contributed by atoms with van der Waals surface area (Å²) in [5, 5.41) is 8.06. The number of ether oxygens (including phenoxy) is 2. The number of aromatic nitrogens is 2. The molecular weight excluding hydrogens is 425 g/mol. The van der Waals surface area contributed by atoms with Gasteiger partial charge in [0, 0.05) is 18.7 Å². The quantitative estimate of drug-likeness (QED) is 0.473. The van der Waals surface area contributed by atoms with E-state index in [0.717, 1.165) is 17.1 Å². The lowest BCUT2D eigenvalue weighted by Gasteiger charge is -2.09. The third kappa shape index (κ3) is 5.68. The molecule has 0 aliphatic carbocycles. The highest BCUT2D eigenvalue weighted by Gasteiger charge is 2.11. The number of hydrogen-bond donors (Lipinski definition) is 1. The fourth-order valence-corrected chi connectivity index (χ4v) is 3.20. The minimum atomic E-state index is -0.126. The zero-order valence-corrected chi connectivity index (χ0v) is 18.3. The Morgan fingerprint density at radius 2 is 1.73 bits per heavy atom. The maximum Gasteiger partial charge on any atom is 0.251 e. The predicted octanol–water partition coefficient (Wildman–Crippen LogP) is 4.91. The average molecular weight is 448 g/mol. The second-order valence-electron chi connectivity index (χ2n) is 6.68. The smallest absolute Gasteiger partial charge is 0.251 e. The van der Waals surface area contributed by atoms with Gasteiger partial charge in [0.15, 0.2) is 0 Å². The van der Waals surface area contributed by atoms with Gasteiger partial charge in [0.2, 0.25) is 0 Å². The molecular formula is C22H23Cl2N3O3. The first kappa shape index (κ1) is 22.0. The molecule has 158 valence electrons. The molecule has 0 saturated carbocycles. The molecule has 0 spiro atoms. The third-order valence-corrected chi connectivity index (χ3v) is 5.44. The number of nitrogens with zero attached hydrogens (tertiary/aromatic N) is 2. The molecule has 2 aromatic carbocycles. The number of carbonyl (C=O) groups is 1. The molecule has 1 N–H and O–H groups in total. The van der Waals surface area contributed by atoms with Crippen LogP contribution in [-0.2, 0) is 13.2 Å². The normalized spacial score (nSPS) is 10.7. The number of aryl methyl sites for hydroxylation is 2. The molecule has 1 amide bonds. The van der Waals surface area contributed by atoms with Gasteiger partial charge < -0.3 is 14.8 Å². The van der Waals surface area contributed by atoms with E-state index in [2.05, 4.69) is 10.4 Å². The molecule has 0 aliphatic rings. The molecule has 0 atom stereocenters. The molecule has 0 radical (unpaired) electrons. The maximum absolute atomic E-state index is 12.3. The summed E-state index contributed by atoms with van der Waals surface area (Å²) in [6.07, 6.45) is 0.691. The molecule has 0 bridgehead atoms. The van der Waals surface area contributed by atoms with Crippen LogP contribution in [0.5, 0.6) is 11.5 Å². The summed E-state index contributed by atoms with van der Waals surface area (Å²) in [4.78, 5) is 12.3. The lowest BCUT2D eigenvalue weighted by molar-refractivity contribution is 0.0952. The standard InChI is InChI=1S/C22H23Cl2N3O3/c1-15-20(23)21(24)27(26-15)13-3-12-25-22(28)17-6-4-16(5-7-17)14-30-19-10-8-18(29-2)9-11-19/h4-11H,3,12-14H2,1-2H3,(H,25,28). The van der Waals surface area contributed by atoms with Crippen LogP contribution in [0.25, 0.3) is 0 Å². The Morgan fingerprint density at radius 1 is 1.07 bits per heavy atom. The summed E-state index contributed by atoms with van der Waals surface area (Å²) in [5.41, 5.74) is 2.27. The molecule has 0 saturated heterocycles. The van der Waals surface area contributed by atoms with Gasteiger partial charge in [0.25, 0.3) is 5.91 Å². The molecule has 3 rings (SSSR count). The van der Waals surface area contributed by atoms with Gasteiger partial charge in [-0.05, 0) is 55.3 Å². The van der Waals surface area contributed by atoms with Crippen molar-refractivity contribution >= 4 is 29.1 Å². The average Bonchev–Trinajstić information content (AvgIpc) is 3.02. The van der Waals surface area contributed by atoms with Crippen molar-refractivity contribution in [3.63, 3.8) is 0 Å². The highest BCUT2D eigenvalue weighted by atomic mass is 35.5. The van der Waals surface area contributed by atoms with Gasteiger partial charge in [-0.1, -0.05) is 35.3 Å². The number of nitrogens with one attached hydrogen (secondary N) is 1. The van der Waals surface area contributed by atoms with Crippen LogP contribution >= 0.6 is 23.2 Å². The molecule has 0 fully saturated rings. The summed E-state index contributed by atoms with van der Waals surface area (Å²) in [6, 6.07) is 14.7. The van der Waals surface area contributed by atoms with E-state index < -0.39 is 0 Å². The lowest BCUT2D eigenvalue weighted by Crippen LogP contribution is -2.25. The number of carbonyl (C=O) groups excluding carboxylic acids is 1. The Hall–Kier alpha value is -2.70. The molecule has 1 heterocycles. The van der Waals surface area contributed by atoms with Gasteiger partial charge in [0.1, 0.15) is 28.3 Å². The van der Waals surface area contributed by atoms with Gasteiger partial charge in [-0.25, -0.2) is 0 Å². The van der Waals surface area contributed by atoms with Crippen LogP contribution in [0.15, 0.2) is 48.5 Å². The van der Waals surface area contributed by atoms with E-state index in [1.54, 1.807) is 30.8 Å². The topological polar surface area (TPSA) is 65.4 Å². The van der Waals surface area contributed by atoms with Crippen LogP contribution in [-0.4, -0.2) is 29.3 Å². The third-order valence-electron chi connectivity index (χ3n) is 4.51. The summed E-state index contributed by atoms with van der Waals surface area (Å²) in [6.45, 7) is 3.31. The lowest BCUT2D eigenvalue weighted by atomic mass is 10.1. The van der Waals surface area contributed by atoms with Gasteiger partial charge in [0.05, 0.1) is 12.8 Å². The van der Waals surface area contributed by atoms with E-state index in [0.29, 0.717) is 47.6 Å². The van der Waals surface area contributed by atoms with Gasteiger partial charge in [-0.2, -0.15) is 5.10 Å². The number of rotatable bonds is 9. The van der Waals surface area contributed by atoms with Crippen molar-refractivity contribution in [2.75, 3.05) is 13.7 Å². The van der Waals surface area contributed by atoms with E-state index in [9.17, 15) is 4.79 Å². The minimum Gasteiger partial charge on any atom is -0.497 e. The summed E-state index contributed by atoms with van der Waals surface area (Å²) in [5.74, 6) is 1.41. The Labute approximate surface area is 185 Å². The van der Waals surface area contributed by atoms with Crippen molar-refractivity contribution in [1.29, 1.82) is 0 Å². The molecule has 6 nitrogen and oxygen atoms in total. The van der Waals surface area contributed by atoms with Crippen LogP contribution in [0.4, 0.5) is 0 Å². The van der Waals surface area contributed by atoms with Crippen LogP contribution < -0.4 is 14.8 Å². The van der Waals surface area contributed by atoms with Crippen molar-refractivity contribution in [2.45, 2.75) is 26.5 Å². The number of hydrogen-bond acceptors (Lipinski definition) is 4. The summed E-state index contributed by atoms with van der Waals surface area (Å²) in [7, 11) is 1.62. The maximum atomic E-state index is 12.3. The van der Waals surface area contributed by atoms with Crippen molar-refractivity contribution in [3.8, 4) is 11.5 Å². The van der Waals surface area contributed by atoms with E-state index in [4.69, 9.17) is 32.7 Å². The highest BCUT2D eigenvalue weighted by Crippen LogP contribution is 2.25. The first-order valence-corrected chi connectivity index (χ1v) is 10.3. The SMILES string of the molecule is COc1ccc(OCc2ccc(C(=O)NCCCn3nc(C)c(Cl)c3Cl)cc2)cc1. The van der Waals surface area contributed by atoms with Crippen molar-refractivity contribution in [1.82, 2.24) is 15.1 Å². The highest BCUT2D eigenvalue weighted by molar-refractivity contribution is 6.41. The Morgan fingerprint density at radius 3 is 2.33 bits per heavy atom. The molecule has 1 aromatic heterocycles. The largest absolute Gasteiger partial charge is 0.497 e. The molecule has 30 heavy (non-hydrogen) atoms. The van der Waals surface area contributed by atoms with E-state index >= 15 is 0 Å². The van der Waals surface area contributed by atoms with Crippen LogP contribution in [0.1, 0.15) is 28.0 Å². The fraction of sp³-hybridized carbons (Fsp3) is 0.273. The summed E-state index contributed by atoms with van der Waals surface area (Å²) >= 11 is 12.1. The first-order chi connectivity index (χ1) is 14.5. The predicted molar refractivity (Wildman–Crippen MR) is 118 cm³/mol. The molecule has 3 aromatic rings. The minimum absolute atomic E-state index is 0.126. The van der Waals surface area contributed by atoms with Crippen LogP contribution in [0.2, 0.25) is 10.2 Å². The number of benzene rings is 2. The van der Waals surface area contributed by atoms with Crippen molar-refractivity contribution in [2.24, 2.45) is 0 Å². The van der Waals surface area contributed by atoms with Gasteiger partial charge >= 0.3 is 0 Å². The number of amides is 1. The second kappa shape index (κ2) is 10.4. The Bertz CT molecular complexity index is 986. The monoisotopic (exact) mass is 447 g/mol. The number of methoxy groups -OCH3 is 1. The van der Waals surface area contributed by atoms with Crippen LogP contribution in [0, 0.1) is 6.92 Å². The van der Waals surface area contributed by atoms with Gasteiger partial charge in [-0.15, -0.1) is 0 Å². The van der Waals surface area contributed by atoms with Crippen LogP contribution in [0.3, 0.4) is 0 Å². The Kier molecular flexibility index (Phi) is 7.60. The Balaban J connectivity index is 1.43. The molecule has 0 unspecified atom stereocenters. The molecule has 8 heteroatoms. The zero-order chi connectivity index (χ0) is 21.5. The van der Waals surface area contributed by atoms with Gasteiger partial charge in [-0.3, -0.25) is 9.48 Å².